The molecule has 0 saturated carbocycles. The average Bonchev–Trinajstić information content (AvgIpc) is 2.56. The molecule has 2 rings (SSSR count). The number of carboxylic acid groups (broad SMARTS) is 1. The fourth-order valence-corrected chi connectivity index (χ4v) is 2.09. The minimum atomic E-state index is -0.903. The molecular formula is C11H13BO4. The minimum absolute atomic E-state index is 0.0720. The zero-order valence-corrected chi connectivity index (χ0v) is 9.06. The van der Waals surface area contributed by atoms with Crippen molar-refractivity contribution in [2.45, 2.75) is 26.4 Å². The lowest BCUT2D eigenvalue weighted by Gasteiger charge is -2.08. The van der Waals surface area contributed by atoms with E-state index >= 15 is 0 Å². The molecule has 0 atom stereocenters. The van der Waals surface area contributed by atoms with Crippen LogP contribution in [-0.2, 0) is 22.5 Å². The first-order valence-corrected chi connectivity index (χ1v) is 5.21. The summed E-state index contributed by atoms with van der Waals surface area (Å²) in [7, 11) is -0.903. The van der Waals surface area contributed by atoms with Gasteiger partial charge in [0.15, 0.2) is 0 Å². The lowest BCUT2D eigenvalue weighted by Crippen LogP contribution is -2.31. The van der Waals surface area contributed by atoms with E-state index in [0.29, 0.717) is 13.0 Å². The largest absolute Gasteiger partial charge is 0.492 e. The minimum Gasteiger partial charge on any atom is -0.481 e. The van der Waals surface area contributed by atoms with Gasteiger partial charge in [-0.2, -0.15) is 0 Å². The van der Waals surface area contributed by atoms with Gasteiger partial charge in [0.2, 0.25) is 0 Å². The molecule has 1 aromatic rings. The smallest absolute Gasteiger partial charge is 0.481 e. The van der Waals surface area contributed by atoms with Crippen LogP contribution in [0.15, 0.2) is 12.1 Å². The Morgan fingerprint density at radius 3 is 3.00 bits per heavy atom. The van der Waals surface area contributed by atoms with Crippen LogP contribution in [0.3, 0.4) is 0 Å². The van der Waals surface area contributed by atoms with Gasteiger partial charge in [-0.25, -0.2) is 0 Å². The second-order valence-electron chi connectivity index (χ2n) is 4.05. The Balaban J connectivity index is 2.33. The molecule has 1 aliphatic rings. The normalized spacial score (nSPS) is 14.0. The van der Waals surface area contributed by atoms with Gasteiger partial charge in [-0.1, -0.05) is 17.7 Å². The van der Waals surface area contributed by atoms with Crippen molar-refractivity contribution in [2.75, 3.05) is 0 Å². The van der Waals surface area contributed by atoms with E-state index < -0.39 is 13.1 Å². The quantitative estimate of drug-likeness (QED) is 0.715. The Labute approximate surface area is 94.0 Å². The van der Waals surface area contributed by atoms with Crippen molar-refractivity contribution in [3.63, 3.8) is 0 Å². The zero-order valence-electron chi connectivity index (χ0n) is 9.06. The number of carboxylic acids is 1. The van der Waals surface area contributed by atoms with Crippen molar-refractivity contribution in [1.82, 2.24) is 0 Å². The molecule has 0 spiro atoms. The van der Waals surface area contributed by atoms with Crippen LogP contribution in [0, 0.1) is 6.92 Å². The topological polar surface area (TPSA) is 66.8 Å². The van der Waals surface area contributed by atoms with E-state index in [0.717, 1.165) is 22.2 Å². The van der Waals surface area contributed by atoms with Crippen LogP contribution in [0.2, 0.25) is 0 Å². The van der Waals surface area contributed by atoms with E-state index in [1.807, 2.05) is 19.1 Å². The van der Waals surface area contributed by atoms with E-state index in [2.05, 4.69) is 0 Å². The number of hydrogen-bond acceptors (Lipinski definition) is 3. The number of rotatable bonds is 3. The van der Waals surface area contributed by atoms with E-state index in [-0.39, 0.29) is 6.42 Å². The van der Waals surface area contributed by atoms with E-state index in [9.17, 15) is 9.82 Å². The lowest BCUT2D eigenvalue weighted by atomic mass is 9.74. The van der Waals surface area contributed by atoms with Gasteiger partial charge in [0, 0.05) is 6.42 Å². The highest BCUT2D eigenvalue weighted by Crippen LogP contribution is 2.16. The summed E-state index contributed by atoms with van der Waals surface area (Å²) < 4.78 is 5.13. The van der Waals surface area contributed by atoms with Crippen molar-refractivity contribution >= 4 is 18.6 Å². The molecule has 0 bridgehead atoms. The van der Waals surface area contributed by atoms with Gasteiger partial charge in [-0.15, -0.1) is 0 Å². The van der Waals surface area contributed by atoms with Crippen LogP contribution < -0.4 is 5.46 Å². The highest BCUT2D eigenvalue weighted by molar-refractivity contribution is 6.62. The summed E-state index contributed by atoms with van der Waals surface area (Å²) in [6.07, 6.45) is 0.502. The molecule has 0 amide bonds. The Morgan fingerprint density at radius 2 is 2.31 bits per heavy atom. The van der Waals surface area contributed by atoms with Crippen molar-refractivity contribution in [3.8, 4) is 0 Å². The number of fused-ring (bicyclic) bond motifs is 1. The molecule has 5 heteroatoms. The van der Waals surface area contributed by atoms with E-state index in [4.69, 9.17) is 9.76 Å². The number of carbonyl (C=O) groups is 1. The summed E-state index contributed by atoms with van der Waals surface area (Å²) in [5.74, 6) is -0.830. The third kappa shape index (κ3) is 2.10. The molecule has 16 heavy (non-hydrogen) atoms. The molecule has 0 aliphatic carbocycles. The summed E-state index contributed by atoms with van der Waals surface area (Å²) in [5, 5.41) is 18.3. The molecule has 1 aromatic carbocycles. The predicted octanol–water partition coefficient (Wildman–Crippen LogP) is 0.230. The van der Waals surface area contributed by atoms with Crippen LogP contribution in [0.5, 0.6) is 0 Å². The van der Waals surface area contributed by atoms with Gasteiger partial charge in [0.1, 0.15) is 0 Å². The highest BCUT2D eigenvalue weighted by atomic mass is 16.5. The second kappa shape index (κ2) is 4.27. The van der Waals surface area contributed by atoms with Gasteiger partial charge < -0.3 is 14.8 Å². The summed E-state index contributed by atoms with van der Waals surface area (Å²) >= 11 is 0. The first-order valence-electron chi connectivity index (χ1n) is 5.21. The fourth-order valence-electron chi connectivity index (χ4n) is 2.09. The van der Waals surface area contributed by atoms with Crippen LogP contribution in [0.1, 0.15) is 23.1 Å². The van der Waals surface area contributed by atoms with Crippen LogP contribution in [-0.4, -0.2) is 23.2 Å². The first-order chi connectivity index (χ1) is 7.58. The molecule has 0 saturated heterocycles. The molecule has 0 aromatic heterocycles. The Hall–Kier alpha value is -1.33. The van der Waals surface area contributed by atoms with Gasteiger partial charge in [0.25, 0.3) is 0 Å². The molecule has 4 nitrogen and oxygen atoms in total. The predicted molar refractivity (Wildman–Crippen MR) is 59.5 cm³/mol. The standard InChI is InChI=1S/C11H13BO4/c1-7-4-8(2-3-10(13)14)11-9(5-7)6-16-12(11)15/h4-5,15H,2-3,6H2,1H3,(H,13,14). The van der Waals surface area contributed by atoms with Crippen molar-refractivity contribution in [3.05, 3.63) is 28.8 Å². The molecule has 1 heterocycles. The third-order valence-corrected chi connectivity index (χ3v) is 2.75. The summed E-state index contributed by atoms with van der Waals surface area (Å²) in [6, 6.07) is 3.88. The van der Waals surface area contributed by atoms with Gasteiger partial charge in [-0.05, 0) is 29.9 Å². The number of aryl methyl sites for hydroxylation is 2. The van der Waals surface area contributed by atoms with Crippen LogP contribution >= 0.6 is 0 Å². The van der Waals surface area contributed by atoms with Gasteiger partial charge in [0.05, 0.1) is 6.61 Å². The molecule has 1 aliphatic heterocycles. The summed E-state index contributed by atoms with van der Waals surface area (Å²) in [4.78, 5) is 10.5. The second-order valence-corrected chi connectivity index (χ2v) is 4.05. The highest BCUT2D eigenvalue weighted by Gasteiger charge is 2.30. The SMILES string of the molecule is Cc1cc(CCC(=O)O)c2c(c1)COB2O. The Bertz CT molecular complexity index is 430. The maximum atomic E-state index is 10.5. The van der Waals surface area contributed by atoms with Crippen LogP contribution in [0.25, 0.3) is 0 Å². The maximum Gasteiger partial charge on any atom is 0.492 e. The third-order valence-electron chi connectivity index (χ3n) is 2.75. The summed E-state index contributed by atoms with van der Waals surface area (Å²) in [6.45, 7) is 2.35. The van der Waals surface area contributed by atoms with Gasteiger partial charge >= 0.3 is 13.1 Å². The van der Waals surface area contributed by atoms with Crippen molar-refractivity contribution in [2.24, 2.45) is 0 Å². The average molecular weight is 220 g/mol. The monoisotopic (exact) mass is 220 g/mol. The van der Waals surface area contributed by atoms with Crippen molar-refractivity contribution in [1.29, 1.82) is 0 Å². The molecule has 2 N–H and O–H groups in total. The fraction of sp³-hybridized carbons (Fsp3) is 0.364. The van der Waals surface area contributed by atoms with Gasteiger partial charge in [-0.3, -0.25) is 4.79 Å². The number of hydrogen-bond donors (Lipinski definition) is 2. The molecule has 0 fully saturated rings. The zero-order chi connectivity index (χ0) is 11.7. The van der Waals surface area contributed by atoms with E-state index in [1.54, 1.807) is 0 Å². The molecule has 84 valence electrons. The van der Waals surface area contributed by atoms with Crippen LogP contribution in [0.4, 0.5) is 0 Å². The maximum absolute atomic E-state index is 10.5. The molecule has 0 unspecified atom stereocenters. The van der Waals surface area contributed by atoms with E-state index in [1.165, 1.54) is 0 Å². The Morgan fingerprint density at radius 1 is 1.56 bits per heavy atom. The number of aliphatic carboxylic acids is 1. The Kier molecular flexibility index (Phi) is 2.98. The lowest BCUT2D eigenvalue weighted by molar-refractivity contribution is -0.136. The molecular weight excluding hydrogens is 207 g/mol. The van der Waals surface area contributed by atoms with Crippen molar-refractivity contribution < 1.29 is 19.6 Å². The summed E-state index contributed by atoms with van der Waals surface area (Å²) in [5.41, 5.74) is 3.67. The number of benzene rings is 1. The first kappa shape index (κ1) is 11.2. The molecule has 0 radical (unpaired) electrons.